The summed E-state index contributed by atoms with van der Waals surface area (Å²) in [6.45, 7) is 13.3. The maximum Gasteiger partial charge on any atom is 0.339 e. The van der Waals surface area contributed by atoms with Crippen LogP contribution in [0.25, 0.3) is 0 Å². The summed E-state index contributed by atoms with van der Waals surface area (Å²) in [6.07, 6.45) is 8.61. The molecule has 30 heavy (non-hydrogen) atoms. The van der Waals surface area contributed by atoms with E-state index in [2.05, 4.69) is 27.7 Å². The zero-order valence-electron chi connectivity index (χ0n) is 20.2. The second-order valence-electron chi connectivity index (χ2n) is 7.58. The first-order valence-corrected chi connectivity index (χ1v) is 12.0. The highest BCUT2D eigenvalue weighted by molar-refractivity contribution is 6.03. The van der Waals surface area contributed by atoms with Gasteiger partial charge in [-0.3, -0.25) is 0 Å². The fourth-order valence-electron chi connectivity index (χ4n) is 3.18. The molecule has 4 nitrogen and oxygen atoms in total. The molecule has 2 unspecified atom stereocenters. The monoisotopic (exact) mass is 420 g/mol. The first-order chi connectivity index (χ1) is 14.6. The second kappa shape index (κ2) is 18.0. The number of hydrogen-bond acceptors (Lipinski definition) is 4. The Morgan fingerprint density at radius 3 is 1.40 bits per heavy atom. The maximum absolute atomic E-state index is 12.6. The minimum absolute atomic E-state index is 0.291. The van der Waals surface area contributed by atoms with Crippen LogP contribution in [0.1, 0.15) is 114 Å². The molecule has 4 heteroatoms. The van der Waals surface area contributed by atoms with Gasteiger partial charge in [-0.05, 0) is 36.8 Å². The molecule has 0 aliphatic rings. The predicted octanol–water partition coefficient (Wildman–Crippen LogP) is 7.46. The first-order valence-electron chi connectivity index (χ1n) is 12.0. The lowest BCUT2D eigenvalue weighted by atomic mass is 10.0. The van der Waals surface area contributed by atoms with Gasteiger partial charge in [0.05, 0.1) is 24.3 Å². The van der Waals surface area contributed by atoms with Gasteiger partial charge in [0.25, 0.3) is 0 Å². The molecule has 0 amide bonds. The molecule has 0 saturated carbocycles. The van der Waals surface area contributed by atoms with E-state index < -0.39 is 11.9 Å². The second-order valence-corrected chi connectivity index (χ2v) is 7.58. The number of benzene rings is 1. The summed E-state index contributed by atoms with van der Waals surface area (Å²) in [5.74, 6) is -0.153. The summed E-state index contributed by atoms with van der Waals surface area (Å²) in [7, 11) is 0. The molecule has 0 aromatic heterocycles. The lowest BCUT2D eigenvalue weighted by Crippen LogP contribution is -2.19. The van der Waals surface area contributed by atoms with Gasteiger partial charge in [0.15, 0.2) is 0 Å². The average molecular weight is 421 g/mol. The molecule has 1 aromatic rings. The first kappa shape index (κ1) is 28.2. The molecule has 1 rings (SSSR count). The van der Waals surface area contributed by atoms with Crippen LogP contribution in [0.2, 0.25) is 0 Å². The highest BCUT2D eigenvalue weighted by atomic mass is 16.5. The molecule has 0 saturated heterocycles. The lowest BCUT2D eigenvalue weighted by Gasteiger charge is -2.17. The number of carbonyl (C=O) groups excluding carboxylic acids is 2. The minimum atomic E-state index is -0.444. The topological polar surface area (TPSA) is 52.6 Å². The average Bonchev–Trinajstić information content (AvgIpc) is 2.80. The summed E-state index contributed by atoms with van der Waals surface area (Å²) >= 11 is 0. The van der Waals surface area contributed by atoms with Crippen molar-refractivity contribution in [3.05, 3.63) is 35.4 Å². The van der Waals surface area contributed by atoms with Gasteiger partial charge in [0.2, 0.25) is 0 Å². The third-order valence-corrected chi connectivity index (χ3v) is 5.35. The van der Waals surface area contributed by atoms with Crippen LogP contribution < -0.4 is 0 Å². The predicted molar refractivity (Wildman–Crippen MR) is 125 cm³/mol. The van der Waals surface area contributed by atoms with E-state index in [-0.39, 0.29) is 0 Å². The Labute approximate surface area is 184 Å². The van der Waals surface area contributed by atoms with Crippen LogP contribution in [0.5, 0.6) is 0 Å². The molecule has 2 atom stereocenters. The van der Waals surface area contributed by atoms with E-state index in [1.807, 2.05) is 13.8 Å². The normalized spacial score (nSPS) is 12.3. The molecule has 0 aliphatic heterocycles. The molecule has 0 radical (unpaired) electrons. The van der Waals surface area contributed by atoms with Crippen LogP contribution in [-0.4, -0.2) is 25.2 Å². The maximum atomic E-state index is 12.6. The zero-order valence-corrected chi connectivity index (χ0v) is 20.2. The van der Waals surface area contributed by atoms with Crippen molar-refractivity contribution in [1.82, 2.24) is 0 Å². The number of hydrogen-bond donors (Lipinski definition) is 0. The molecule has 172 valence electrons. The van der Waals surface area contributed by atoms with Gasteiger partial charge in [-0.15, -0.1) is 0 Å². The number of esters is 2. The smallest absolute Gasteiger partial charge is 0.339 e. The summed E-state index contributed by atoms with van der Waals surface area (Å²) < 4.78 is 11.0. The van der Waals surface area contributed by atoms with Gasteiger partial charge in [-0.1, -0.05) is 92.2 Å². The quantitative estimate of drug-likeness (QED) is 0.293. The van der Waals surface area contributed by atoms with Crippen LogP contribution in [0.4, 0.5) is 0 Å². The Hall–Kier alpha value is -1.84. The van der Waals surface area contributed by atoms with Crippen molar-refractivity contribution in [2.45, 2.75) is 92.9 Å². The number of carbonyl (C=O) groups is 2. The van der Waals surface area contributed by atoms with Gasteiger partial charge >= 0.3 is 11.9 Å². The van der Waals surface area contributed by atoms with Gasteiger partial charge in [-0.25, -0.2) is 9.59 Å². The highest BCUT2D eigenvalue weighted by Crippen LogP contribution is 2.18. The largest absolute Gasteiger partial charge is 0.462 e. The van der Waals surface area contributed by atoms with E-state index in [0.717, 1.165) is 51.4 Å². The summed E-state index contributed by atoms with van der Waals surface area (Å²) in [5.41, 5.74) is 0.582. The Morgan fingerprint density at radius 1 is 0.733 bits per heavy atom. The van der Waals surface area contributed by atoms with Crippen molar-refractivity contribution in [2.75, 3.05) is 13.2 Å². The van der Waals surface area contributed by atoms with Crippen molar-refractivity contribution in [3.8, 4) is 0 Å². The van der Waals surface area contributed by atoms with Crippen LogP contribution >= 0.6 is 0 Å². The van der Waals surface area contributed by atoms with Crippen molar-refractivity contribution >= 4 is 11.9 Å². The summed E-state index contributed by atoms with van der Waals surface area (Å²) in [6, 6.07) is 6.77. The molecule has 0 heterocycles. The van der Waals surface area contributed by atoms with Crippen molar-refractivity contribution in [2.24, 2.45) is 11.8 Å². The van der Waals surface area contributed by atoms with Gasteiger partial charge in [0.1, 0.15) is 0 Å². The summed E-state index contributed by atoms with van der Waals surface area (Å²) in [5, 5.41) is 0. The lowest BCUT2D eigenvalue weighted by molar-refractivity contribution is 0.0381. The van der Waals surface area contributed by atoms with Crippen LogP contribution in [0.3, 0.4) is 0 Å². The van der Waals surface area contributed by atoms with E-state index in [1.54, 1.807) is 24.3 Å². The Balaban J connectivity index is 0.00000407. The van der Waals surface area contributed by atoms with Crippen LogP contribution in [0.15, 0.2) is 24.3 Å². The van der Waals surface area contributed by atoms with E-state index in [4.69, 9.17) is 9.47 Å². The van der Waals surface area contributed by atoms with E-state index >= 15 is 0 Å². The van der Waals surface area contributed by atoms with Crippen molar-refractivity contribution < 1.29 is 19.1 Å². The number of unbranched alkanes of at least 4 members (excludes halogenated alkanes) is 2. The molecule has 0 aliphatic carbocycles. The molecule has 0 bridgehead atoms. The minimum Gasteiger partial charge on any atom is -0.462 e. The standard InChI is InChI=1S/C24H38O4.C2H6/c1-5-9-13-19(7-3)17-27-23(25)21-15-11-12-16-22(21)24(26)28-18-20(8-4)14-10-6-2;1-2/h11-12,15-16,19-20H,5-10,13-14,17-18H2,1-4H3;1-2H3. The van der Waals surface area contributed by atoms with E-state index in [9.17, 15) is 9.59 Å². The highest BCUT2D eigenvalue weighted by Gasteiger charge is 2.21. The molecular weight excluding hydrogens is 376 g/mol. The Bertz CT molecular complexity index is 531. The summed E-state index contributed by atoms with van der Waals surface area (Å²) in [4.78, 5) is 25.1. The third kappa shape index (κ3) is 10.8. The SMILES string of the molecule is CC.CCCCC(CC)COC(=O)c1ccccc1C(=O)OCC(CC)CCCC. The molecule has 0 fully saturated rings. The van der Waals surface area contributed by atoms with Gasteiger partial charge in [-0.2, -0.15) is 0 Å². The zero-order chi connectivity index (χ0) is 22.8. The Morgan fingerprint density at radius 2 is 1.10 bits per heavy atom. The van der Waals surface area contributed by atoms with Gasteiger partial charge in [0, 0.05) is 0 Å². The van der Waals surface area contributed by atoms with Crippen molar-refractivity contribution in [3.63, 3.8) is 0 Å². The fraction of sp³-hybridized carbons (Fsp3) is 0.692. The molecular formula is C26H44O4. The van der Waals surface area contributed by atoms with Crippen molar-refractivity contribution in [1.29, 1.82) is 0 Å². The Kier molecular flexibility index (Phi) is 16.9. The third-order valence-electron chi connectivity index (χ3n) is 5.35. The van der Waals surface area contributed by atoms with Gasteiger partial charge < -0.3 is 9.47 Å². The molecule has 1 aromatic carbocycles. The van der Waals surface area contributed by atoms with E-state index in [1.165, 1.54) is 0 Å². The fourth-order valence-corrected chi connectivity index (χ4v) is 3.18. The van der Waals surface area contributed by atoms with Crippen LogP contribution in [-0.2, 0) is 9.47 Å². The molecule has 0 N–H and O–H groups in total. The number of rotatable bonds is 14. The molecule has 0 spiro atoms. The van der Waals surface area contributed by atoms with E-state index in [0.29, 0.717) is 36.2 Å². The number of ether oxygens (including phenoxy) is 2. The van der Waals surface area contributed by atoms with Crippen LogP contribution in [0, 0.1) is 11.8 Å².